The van der Waals surface area contributed by atoms with Gasteiger partial charge in [-0.3, -0.25) is 0 Å². The summed E-state index contributed by atoms with van der Waals surface area (Å²) >= 11 is 6.18. The van der Waals surface area contributed by atoms with Crippen LogP contribution in [-0.2, 0) is 4.79 Å². The standard InChI is InChI=1S/C28H25ClN2O6/c1-15-9-19(10-16(2)27(15)29)35-14-25(32)36-18-6-7-20-23(12-18)37-28(31)21(13-30)26(20)17-5-8-22(33-3)24(11-17)34-4/h5-12,26H,14,31H2,1-4H3. The highest BCUT2D eigenvalue weighted by molar-refractivity contribution is 6.32. The van der Waals surface area contributed by atoms with Crippen molar-refractivity contribution in [3.63, 3.8) is 0 Å². The van der Waals surface area contributed by atoms with E-state index in [1.807, 2.05) is 19.9 Å². The van der Waals surface area contributed by atoms with Gasteiger partial charge in [0.1, 0.15) is 28.9 Å². The van der Waals surface area contributed by atoms with Gasteiger partial charge in [-0.1, -0.05) is 23.7 Å². The van der Waals surface area contributed by atoms with Gasteiger partial charge >= 0.3 is 5.97 Å². The van der Waals surface area contributed by atoms with Crippen molar-refractivity contribution >= 4 is 17.6 Å². The number of carbonyl (C=O) groups excluding carboxylic acids is 1. The van der Waals surface area contributed by atoms with E-state index in [4.69, 9.17) is 41.0 Å². The van der Waals surface area contributed by atoms with Crippen molar-refractivity contribution in [1.82, 2.24) is 0 Å². The van der Waals surface area contributed by atoms with Crippen molar-refractivity contribution in [1.29, 1.82) is 5.26 Å². The number of ether oxygens (including phenoxy) is 5. The van der Waals surface area contributed by atoms with Gasteiger partial charge < -0.3 is 29.4 Å². The van der Waals surface area contributed by atoms with Gasteiger partial charge in [0, 0.05) is 16.7 Å². The Balaban J connectivity index is 1.56. The number of nitrogens with zero attached hydrogens (tertiary/aromatic N) is 1. The lowest BCUT2D eigenvalue weighted by Gasteiger charge is -2.27. The molecule has 0 aromatic heterocycles. The van der Waals surface area contributed by atoms with Crippen LogP contribution in [0.2, 0.25) is 5.02 Å². The lowest BCUT2D eigenvalue weighted by Crippen LogP contribution is -2.22. The minimum atomic E-state index is -0.598. The summed E-state index contributed by atoms with van der Waals surface area (Å²) in [5.41, 5.74) is 9.49. The molecular weight excluding hydrogens is 496 g/mol. The van der Waals surface area contributed by atoms with E-state index < -0.39 is 11.9 Å². The Morgan fingerprint density at radius 2 is 1.73 bits per heavy atom. The number of nitriles is 1. The van der Waals surface area contributed by atoms with Crippen molar-refractivity contribution in [2.75, 3.05) is 20.8 Å². The van der Waals surface area contributed by atoms with Gasteiger partial charge in [-0.15, -0.1) is 0 Å². The van der Waals surface area contributed by atoms with Crippen LogP contribution in [0.4, 0.5) is 0 Å². The molecule has 190 valence electrons. The highest BCUT2D eigenvalue weighted by Gasteiger charge is 2.31. The van der Waals surface area contributed by atoms with E-state index in [0.717, 1.165) is 16.7 Å². The summed E-state index contributed by atoms with van der Waals surface area (Å²) in [6.07, 6.45) is 0. The maximum Gasteiger partial charge on any atom is 0.349 e. The molecule has 1 aliphatic heterocycles. The van der Waals surface area contributed by atoms with E-state index in [2.05, 4.69) is 6.07 Å². The molecule has 0 spiro atoms. The van der Waals surface area contributed by atoms with Crippen LogP contribution in [0.1, 0.15) is 28.2 Å². The molecule has 3 aromatic carbocycles. The van der Waals surface area contributed by atoms with E-state index in [-0.39, 0.29) is 23.8 Å². The zero-order chi connectivity index (χ0) is 26.7. The lowest BCUT2D eigenvalue weighted by molar-refractivity contribution is -0.136. The number of nitrogens with two attached hydrogens (primary N) is 1. The van der Waals surface area contributed by atoms with Crippen LogP contribution in [0, 0.1) is 25.2 Å². The number of carbonyl (C=O) groups is 1. The third-order valence-corrected chi connectivity index (χ3v) is 6.53. The summed E-state index contributed by atoms with van der Waals surface area (Å²) in [6, 6.07) is 15.9. The highest BCUT2D eigenvalue weighted by Crippen LogP contribution is 2.45. The fourth-order valence-electron chi connectivity index (χ4n) is 4.17. The fourth-order valence-corrected chi connectivity index (χ4v) is 4.28. The topological polar surface area (TPSA) is 113 Å². The van der Waals surface area contributed by atoms with E-state index in [0.29, 0.717) is 33.6 Å². The maximum atomic E-state index is 12.5. The number of fused-ring (bicyclic) bond motifs is 1. The molecule has 0 radical (unpaired) electrons. The molecule has 4 rings (SSSR count). The molecule has 0 saturated heterocycles. The average molecular weight is 521 g/mol. The van der Waals surface area contributed by atoms with Gasteiger partial charge in [0.15, 0.2) is 18.1 Å². The van der Waals surface area contributed by atoms with Crippen LogP contribution < -0.4 is 29.4 Å². The van der Waals surface area contributed by atoms with Crippen molar-refractivity contribution in [2.45, 2.75) is 19.8 Å². The molecule has 1 unspecified atom stereocenters. The quantitative estimate of drug-likeness (QED) is 0.335. The van der Waals surface area contributed by atoms with E-state index >= 15 is 0 Å². The minimum absolute atomic E-state index is 0.0323. The Bertz CT molecular complexity index is 1420. The number of methoxy groups -OCH3 is 2. The fraction of sp³-hybridized carbons (Fsp3) is 0.214. The Morgan fingerprint density at radius 1 is 1.03 bits per heavy atom. The molecular formula is C28H25ClN2O6. The monoisotopic (exact) mass is 520 g/mol. The van der Waals surface area contributed by atoms with Gasteiger partial charge in [-0.05, 0) is 60.9 Å². The molecule has 0 saturated carbocycles. The smallest absolute Gasteiger partial charge is 0.349 e. The van der Waals surface area contributed by atoms with Crippen LogP contribution in [-0.4, -0.2) is 26.8 Å². The second-order valence-electron chi connectivity index (χ2n) is 8.37. The largest absolute Gasteiger partial charge is 0.493 e. The van der Waals surface area contributed by atoms with Crippen LogP contribution in [0.3, 0.4) is 0 Å². The number of hydrogen-bond acceptors (Lipinski definition) is 8. The van der Waals surface area contributed by atoms with Gasteiger partial charge in [0.05, 0.1) is 20.1 Å². The first-order chi connectivity index (χ1) is 17.7. The predicted molar refractivity (Wildman–Crippen MR) is 137 cm³/mol. The Labute approximate surface area is 219 Å². The van der Waals surface area contributed by atoms with Crippen LogP contribution in [0.25, 0.3) is 0 Å². The molecule has 2 N–H and O–H groups in total. The molecule has 0 bridgehead atoms. The summed E-state index contributed by atoms with van der Waals surface area (Å²) in [5, 5.41) is 10.5. The summed E-state index contributed by atoms with van der Waals surface area (Å²) in [5.74, 6) is 1.06. The number of aryl methyl sites for hydroxylation is 2. The molecule has 8 nitrogen and oxygen atoms in total. The molecule has 0 aliphatic carbocycles. The highest BCUT2D eigenvalue weighted by atomic mass is 35.5. The van der Waals surface area contributed by atoms with Gasteiger partial charge in [-0.2, -0.15) is 5.26 Å². The van der Waals surface area contributed by atoms with Gasteiger partial charge in [0.25, 0.3) is 0 Å². The Morgan fingerprint density at radius 3 is 2.38 bits per heavy atom. The van der Waals surface area contributed by atoms with Gasteiger partial charge in [-0.25, -0.2) is 4.79 Å². The van der Waals surface area contributed by atoms with Crippen LogP contribution in [0.5, 0.6) is 28.7 Å². The molecule has 0 fully saturated rings. The van der Waals surface area contributed by atoms with E-state index in [1.54, 1.807) is 49.6 Å². The summed E-state index contributed by atoms with van der Waals surface area (Å²) < 4.78 is 27.5. The summed E-state index contributed by atoms with van der Waals surface area (Å²) in [6.45, 7) is 3.43. The van der Waals surface area contributed by atoms with Crippen LogP contribution >= 0.6 is 11.6 Å². The summed E-state index contributed by atoms with van der Waals surface area (Å²) in [4.78, 5) is 12.5. The average Bonchev–Trinajstić information content (AvgIpc) is 2.89. The first-order valence-electron chi connectivity index (χ1n) is 11.3. The number of halogens is 1. The number of rotatable bonds is 7. The number of hydrogen-bond donors (Lipinski definition) is 1. The Hall–Kier alpha value is -4.35. The second-order valence-corrected chi connectivity index (χ2v) is 8.75. The third-order valence-electron chi connectivity index (χ3n) is 5.93. The van der Waals surface area contributed by atoms with Crippen molar-refractivity contribution in [3.8, 4) is 34.8 Å². The molecule has 37 heavy (non-hydrogen) atoms. The SMILES string of the molecule is COc1ccc(C2C(C#N)=C(N)Oc3cc(OC(=O)COc4cc(C)c(Cl)c(C)c4)ccc32)cc1OC. The zero-order valence-corrected chi connectivity index (χ0v) is 21.5. The molecule has 1 aliphatic rings. The molecule has 0 amide bonds. The second kappa shape index (κ2) is 10.7. The normalized spacial score (nSPS) is 14.2. The minimum Gasteiger partial charge on any atom is -0.493 e. The van der Waals surface area contributed by atoms with Crippen LogP contribution in [0.15, 0.2) is 60.0 Å². The van der Waals surface area contributed by atoms with E-state index in [1.165, 1.54) is 7.11 Å². The molecule has 1 atom stereocenters. The molecule has 3 aromatic rings. The van der Waals surface area contributed by atoms with Crippen molar-refractivity contribution in [2.24, 2.45) is 5.73 Å². The first kappa shape index (κ1) is 25.7. The molecule has 9 heteroatoms. The van der Waals surface area contributed by atoms with Gasteiger partial charge in [0.2, 0.25) is 5.88 Å². The van der Waals surface area contributed by atoms with E-state index in [9.17, 15) is 10.1 Å². The van der Waals surface area contributed by atoms with Crippen molar-refractivity contribution in [3.05, 3.63) is 87.3 Å². The maximum absolute atomic E-state index is 12.5. The predicted octanol–water partition coefficient (Wildman–Crippen LogP) is 5.18. The first-order valence-corrected chi connectivity index (χ1v) is 11.7. The number of allylic oxidation sites excluding steroid dienone is 1. The summed E-state index contributed by atoms with van der Waals surface area (Å²) in [7, 11) is 3.08. The lowest BCUT2D eigenvalue weighted by atomic mass is 9.83. The number of esters is 1. The Kier molecular flexibility index (Phi) is 7.46. The third kappa shape index (κ3) is 5.27. The zero-order valence-electron chi connectivity index (χ0n) is 20.8. The molecule has 1 heterocycles. The number of benzene rings is 3. The van der Waals surface area contributed by atoms with Crippen molar-refractivity contribution < 1.29 is 28.5 Å².